The van der Waals surface area contributed by atoms with Crippen molar-refractivity contribution in [3.05, 3.63) is 63.1 Å². The van der Waals surface area contributed by atoms with Gasteiger partial charge in [0.15, 0.2) is 5.75 Å². The van der Waals surface area contributed by atoms with Crippen LogP contribution in [0.2, 0.25) is 10.0 Å². The van der Waals surface area contributed by atoms with Gasteiger partial charge in [0, 0.05) is 11.6 Å². The van der Waals surface area contributed by atoms with Gasteiger partial charge in [0.2, 0.25) is 0 Å². The van der Waals surface area contributed by atoms with E-state index in [4.69, 9.17) is 37.1 Å². The molecule has 1 aromatic heterocycles. The van der Waals surface area contributed by atoms with Gasteiger partial charge in [-0.15, -0.1) is 0 Å². The van der Waals surface area contributed by atoms with Crippen LogP contribution in [0.25, 0.3) is 5.69 Å². The van der Waals surface area contributed by atoms with Crippen LogP contribution in [0.3, 0.4) is 0 Å². The molecule has 3 aromatic rings. The fourth-order valence-electron chi connectivity index (χ4n) is 3.38. The number of ether oxygens (including phenoxy) is 2. The van der Waals surface area contributed by atoms with Crippen molar-refractivity contribution in [1.29, 1.82) is 0 Å². The van der Waals surface area contributed by atoms with Crippen LogP contribution in [0.5, 0.6) is 17.6 Å². The van der Waals surface area contributed by atoms with Gasteiger partial charge >= 0.3 is 11.8 Å². The van der Waals surface area contributed by atoms with Crippen molar-refractivity contribution in [3.8, 4) is 23.3 Å². The van der Waals surface area contributed by atoms with Gasteiger partial charge in [-0.1, -0.05) is 35.2 Å². The van der Waals surface area contributed by atoms with E-state index in [9.17, 15) is 4.79 Å². The summed E-state index contributed by atoms with van der Waals surface area (Å²) in [6, 6.07) is 11.8. The van der Waals surface area contributed by atoms with Crippen molar-refractivity contribution in [2.75, 3.05) is 26.2 Å². The average Bonchev–Trinajstić information content (AvgIpc) is 3.12. The number of hydrogen-bond donors (Lipinski definition) is 0. The van der Waals surface area contributed by atoms with E-state index >= 15 is 0 Å². The molecular weight excluding hydrogens is 441 g/mol. The highest BCUT2D eigenvalue weighted by Gasteiger charge is 2.16. The molecule has 164 valence electrons. The molecule has 0 saturated carbocycles. The maximum absolute atomic E-state index is 12.2. The fourth-order valence-corrected chi connectivity index (χ4v) is 3.83. The average molecular weight is 464 g/mol. The first-order valence-electron chi connectivity index (χ1n) is 10.2. The molecule has 0 amide bonds. The van der Waals surface area contributed by atoms with E-state index in [1.807, 2.05) is 0 Å². The van der Waals surface area contributed by atoms with Gasteiger partial charge in [0.25, 0.3) is 0 Å². The Bertz CT molecular complexity index is 1070. The number of nitrogens with zero attached hydrogens (tertiary/aromatic N) is 3. The van der Waals surface area contributed by atoms with E-state index in [1.54, 1.807) is 36.4 Å². The van der Waals surface area contributed by atoms with E-state index in [1.165, 1.54) is 18.9 Å². The summed E-state index contributed by atoms with van der Waals surface area (Å²) in [5, 5.41) is 4.83. The zero-order valence-corrected chi connectivity index (χ0v) is 18.6. The number of likely N-dealkylation sites (tertiary alicyclic amines) is 1. The van der Waals surface area contributed by atoms with Crippen LogP contribution in [0.15, 0.2) is 51.7 Å². The number of halogens is 2. The van der Waals surface area contributed by atoms with Gasteiger partial charge in [0.05, 0.1) is 10.7 Å². The van der Waals surface area contributed by atoms with Crippen LogP contribution < -0.4 is 15.2 Å². The minimum atomic E-state index is -0.673. The molecule has 31 heavy (non-hydrogen) atoms. The Hall–Kier alpha value is -2.48. The van der Waals surface area contributed by atoms with E-state index in [0.29, 0.717) is 17.3 Å². The maximum Gasteiger partial charge on any atom is 0.444 e. The van der Waals surface area contributed by atoms with Crippen molar-refractivity contribution in [1.82, 2.24) is 14.7 Å². The Morgan fingerprint density at radius 1 is 1.13 bits per heavy atom. The molecule has 0 atom stereocenters. The van der Waals surface area contributed by atoms with Crippen LogP contribution in [-0.2, 0) is 0 Å². The zero-order chi connectivity index (χ0) is 21.8. The monoisotopic (exact) mass is 463 g/mol. The summed E-state index contributed by atoms with van der Waals surface area (Å²) in [7, 11) is 0. The Labute approximate surface area is 190 Å². The van der Waals surface area contributed by atoms with Crippen molar-refractivity contribution >= 4 is 23.2 Å². The zero-order valence-electron chi connectivity index (χ0n) is 17.1. The van der Waals surface area contributed by atoms with Gasteiger partial charge in [-0.25, -0.2) is 4.79 Å². The van der Waals surface area contributed by atoms with Gasteiger partial charge < -0.3 is 13.9 Å². The van der Waals surface area contributed by atoms with E-state index in [-0.39, 0.29) is 16.8 Å². The highest BCUT2D eigenvalue weighted by Crippen LogP contribution is 2.30. The Morgan fingerprint density at radius 2 is 1.87 bits per heavy atom. The lowest BCUT2D eigenvalue weighted by molar-refractivity contribution is 0.160. The van der Waals surface area contributed by atoms with E-state index < -0.39 is 5.76 Å². The van der Waals surface area contributed by atoms with Crippen LogP contribution in [0, 0.1) is 5.92 Å². The Kier molecular flexibility index (Phi) is 6.85. The van der Waals surface area contributed by atoms with Crippen LogP contribution in [-0.4, -0.2) is 40.9 Å². The van der Waals surface area contributed by atoms with Crippen molar-refractivity contribution in [3.63, 3.8) is 0 Å². The SMILES string of the molecule is CC1CCN(CCOc2ccc(-n3nc(Oc4ccc(Cl)cc4Cl)oc3=O)cc2)CC1. The third-order valence-corrected chi connectivity index (χ3v) is 5.78. The van der Waals surface area contributed by atoms with Crippen molar-refractivity contribution in [2.24, 2.45) is 5.92 Å². The molecule has 0 radical (unpaired) electrons. The summed E-state index contributed by atoms with van der Waals surface area (Å²) in [4.78, 5) is 14.6. The standard InChI is InChI=1S/C22H23Cl2N3O4/c1-15-8-10-26(11-9-15)12-13-29-18-5-3-17(4-6-18)27-22(28)31-21(25-27)30-20-7-2-16(23)14-19(20)24/h2-7,14-15H,8-13H2,1H3. The number of piperidine rings is 1. The molecule has 2 heterocycles. The molecule has 4 rings (SSSR count). The van der Waals surface area contributed by atoms with Crippen molar-refractivity contribution in [2.45, 2.75) is 19.8 Å². The predicted octanol–water partition coefficient (Wildman–Crippen LogP) is 5.04. The Balaban J connectivity index is 1.36. The van der Waals surface area contributed by atoms with Crippen LogP contribution in [0.4, 0.5) is 0 Å². The van der Waals surface area contributed by atoms with E-state index in [2.05, 4.69) is 16.9 Å². The predicted molar refractivity (Wildman–Crippen MR) is 119 cm³/mol. The molecule has 1 aliphatic heterocycles. The first-order valence-corrected chi connectivity index (χ1v) is 10.9. The molecule has 2 aromatic carbocycles. The summed E-state index contributed by atoms with van der Waals surface area (Å²) in [5.41, 5.74) is 0.531. The largest absolute Gasteiger partial charge is 0.492 e. The number of aromatic nitrogens is 2. The molecule has 0 unspecified atom stereocenters. The van der Waals surface area contributed by atoms with Gasteiger partial charge in [0.1, 0.15) is 12.4 Å². The smallest absolute Gasteiger partial charge is 0.444 e. The molecule has 0 aliphatic carbocycles. The quantitative estimate of drug-likeness (QED) is 0.488. The van der Waals surface area contributed by atoms with Gasteiger partial charge in [-0.2, -0.15) is 4.68 Å². The van der Waals surface area contributed by atoms with Gasteiger partial charge in [-0.3, -0.25) is 4.90 Å². The lowest BCUT2D eigenvalue weighted by Crippen LogP contribution is -2.35. The fraction of sp³-hybridized carbons (Fsp3) is 0.364. The number of rotatable bonds is 7. The van der Waals surface area contributed by atoms with Crippen LogP contribution in [0.1, 0.15) is 19.8 Å². The number of hydrogen-bond acceptors (Lipinski definition) is 6. The van der Waals surface area contributed by atoms with E-state index in [0.717, 1.165) is 36.0 Å². The second-order valence-corrected chi connectivity index (χ2v) is 8.43. The molecule has 0 spiro atoms. The summed E-state index contributed by atoms with van der Waals surface area (Å²) in [5.74, 6) is 1.16. The third-order valence-electron chi connectivity index (χ3n) is 5.25. The molecule has 0 N–H and O–H groups in total. The number of benzene rings is 2. The second-order valence-electron chi connectivity index (χ2n) is 7.59. The summed E-state index contributed by atoms with van der Waals surface area (Å²) in [6.45, 7) is 6.09. The highest BCUT2D eigenvalue weighted by molar-refractivity contribution is 6.35. The minimum Gasteiger partial charge on any atom is -0.492 e. The summed E-state index contributed by atoms with van der Waals surface area (Å²) in [6.07, 6.45) is 2.28. The summed E-state index contributed by atoms with van der Waals surface area (Å²) >= 11 is 11.9. The second kappa shape index (κ2) is 9.77. The lowest BCUT2D eigenvalue weighted by Gasteiger charge is -2.29. The lowest BCUT2D eigenvalue weighted by atomic mass is 9.99. The summed E-state index contributed by atoms with van der Waals surface area (Å²) < 4.78 is 17.5. The topological polar surface area (TPSA) is 69.7 Å². The maximum atomic E-state index is 12.2. The Morgan fingerprint density at radius 3 is 2.58 bits per heavy atom. The van der Waals surface area contributed by atoms with Gasteiger partial charge in [-0.05, 0) is 74.3 Å². The minimum absolute atomic E-state index is 0.217. The molecule has 0 bridgehead atoms. The third kappa shape index (κ3) is 5.61. The molecule has 7 nitrogen and oxygen atoms in total. The first-order chi connectivity index (χ1) is 15.0. The van der Waals surface area contributed by atoms with Crippen molar-refractivity contribution < 1.29 is 13.9 Å². The highest BCUT2D eigenvalue weighted by atomic mass is 35.5. The molecule has 1 saturated heterocycles. The molecule has 1 fully saturated rings. The molecule has 9 heteroatoms. The molecule has 1 aliphatic rings. The normalized spacial score (nSPS) is 15.2. The first kappa shape index (κ1) is 21.7. The van der Waals surface area contributed by atoms with Crippen LogP contribution >= 0.6 is 23.2 Å². The molecular formula is C22H23Cl2N3O4.